The molecule has 28 heavy (non-hydrogen) atoms. The lowest BCUT2D eigenvalue weighted by molar-refractivity contribution is -0.144. The summed E-state index contributed by atoms with van der Waals surface area (Å²) >= 11 is 5.19. The molecule has 1 aliphatic carbocycles. The molecule has 0 aliphatic heterocycles. The normalized spacial score (nSPS) is 23.3. The number of rotatable bonds is 7. The van der Waals surface area contributed by atoms with Gasteiger partial charge in [-0.3, -0.25) is 4.79 Å². The molecule has 0 spiro atoms. The number of carboxylic acid groups (broad SMARTS) is 1. The number of aliphatic carboxylic acids is 1. The highest BCUT2D eigenvalue weighted by atomic mass is 79.9. The molecule has 0 aromatic heterocycles. The number of carbonyl (C=O) groups is 1. The maximum absolute atomic E-state index is 13.7. The molecule has 0 bridgehead atoms. The van der Waals surface area contributed by atoms with Gasteiger partial charge < -0.3 is 9.84 Å². The summed E-state index contributed by atoms with van der Waals surface area (Å²) in [7, 11) is 0. The molecule has 1 fully saturated rings. The lowest BCUT2D eigenvalue weighted by atomic mass is 9.81. The quantitative estimate of drug-likeness (QED) is 0.465. The van der Waals surface area contributed by atoms with Crippen molar-refractivity contribution in [1.29, 1.82) is 5.26 Å². The highest BCUT2D eigenvalue weighted by Crippen LogP contribution is 2.66. The smallest absolute Gasteiger partial charge is 0.313 e. The Morgan fingerprint density at radius 3 is 2.46 bits per heavy atom. The molecule has 3 rings (SSSR count). The highest BCUT2D eigenvalue weighted by molar-refractivity contribution is 9.12. The van der Waals surface area contributed by atoms with Crippen LogP contribution in [-0.2, 0) is 4.79 Å². The van der Waals surface area contributed by atoms with E-state index in [-0.39, 0.29) is 6.42 Å². The number of benzene rings is 2. The van der Waals surface area contributed by atoms with Crippen molar-refractivity contribution >= 4 is 37.8 Å². The Balaban J connectivity index is 1.92. The van der Waals surface area contributed by atoms with Crippen LogP contribution in [0.25, 0.3) is 0 Å². The van der Waals surface area contributed by atoms with Gasteiger partial charge in [0.15, 0.2) is 0 Å². The van der Waals surface area contributed by atoms with E-state index < -0.39 is 32.9 Å². The Bertz CT molecular complexity index is 914. The van der Waals surface area contributed by atoms with Gasteiger partial charge in [0.2, 0.25) is 0 Å². The summed E-state index contributed by atoms with van der Waals surface area (Å²) in [6.45, 7) is 0. The zero-order valence-corrected chi connectivity index (χ0v) is 17.5. The fourth-order valence-electron chi connectivity index (χ4n) is 3.47. The third kappa shape index (κ3) is 3.91. The summed E-state index contributed by atoms with van der Waals surface area (Å²) < 4.78 is 33.1. The summed E-state index contributed by atoms with van der Waals surface area (Å²) in [5, 5.41) is 19.5. The highest BCUT2D eigenvalue weighted by Gasteiger charge is 2.70. The van der Waals surface area contributed by atoms with E-state index in [1.54, 1.807) is 36.4 Å². The van der Waals surface area contributed by atoms with Crippen LogP contribution in [0.3, 0.4) is 0 Å². The summed E-state index contributed by atoms with van der Waals surface area (Å²) in [6.07, 6.45) is -0.0264. The van der Waals surface area contributed by atoms with Gasteiger partial charge >= 0.3 is 10.8 Å². The Morgan fingerprint density at radius 1 is 1.25 bits per heavy atom. The van der Waals surface area contributed by atoms with Crippen molar-refractivity contribution in [1.82, 2.24) is 0 Å². The Morgan fingerprint density at radius 2 is 1.89 bits per heavy atom. The van der Waals surface area contributed by atoms with E-state index in [2.05, 4.69) is 31.9 Å². The summed E-state index contributed by atoms with van der Waals surface area (Å²) in [5.74, 6) is -2.24. The number of carboxylic acids is 1. The molecule has 2 aromatic rings. The molecular weight excluding hydrogens is 500 g/mol. The number of nitrogens with zero attached hydrogens (tertiary/aromatic N) is 1. The van der Waals surface area contributed by atoms with E-state index >= 15 is 0 Å². The molecule has 4 atom stereocenters. The molecule has 1 aliphatic rings. The van der Waals surface area contributed by atoms with Crippen LogP contribution in [0.15, 0.2) is 54.6 Å². The van der Waals surface area contributed by atoms with Crippen molar-refractivity contribution in [3.8, 4) is 17.6 Å². The Kier molecular flexibility index (Phi) is 5.78. The second kappa shape index (κ2) is 7.80. The van der Waals surface area contributed by atoms with Crippen LogP contribution < -0.4 is 4.74 Å². The molecule has 4 unspecified atom stereocenters. The largest absolute Gasteiger partial charge is 0.481 e. The molecule has 2 aromatic carbocycles. The number of hydrogen-bond donors (Lipinski definition) is 1. The van der Waals surface area contributed by atoms with Crippen LogP contribution in [0.5, 0.6) is 11.5 Å². The van der Waals surface area contributed by atoms with Crippen LogP contribution in [0.4, 0.5) is 8.78 Å². The first-order valence-electron chi connectivity index (χ1n) is 8.37. The molecule has 1 N–H and O–H groups in total. The zero-order chi connectivity index (χ0) is 20.5. The van der Waals surface area contributed by atoms with Crippen molar-refractivity contribution in [2.45, 2.75) is 22.0 Å². The molecule has 8 heteroatoms. The number of nitriles is 1. The average molecular weight is 515 g/mol. The van der Waals surface area contributed by atoms with Crippen LogP contribution >= 0.6 is 31.9 Å². The Hall–Kier alpha value is -1.98. The molecule has 0 amide bonds. The molecule has 0 saturated heterocycles. The van der Waals surface area contributed by atoms with Crippen molar-refractivity contribution < 1.29 is 23.4 Å². The predicted octanol–water partition coefficient (Wildman–Crippen LogP) is 5.93. The molecule has 0 radical (unpaired) electrons. The number of alkyl halides is 4. The topological polar surface area (TPSA) is 70.3 Å². The van der Waals surface area contributed by atoms with Gasteiger partial charge in [-0.25, -0.2) is 0 Å². The minimum atomic E-state index is -3.28. The summed E-state index contributed by atoms with van der Waals surface area (Å²) in [5.41, 5.74) is -1.18. The van der Waals surface area contributed by atoms with Gasteiger partial charge in [-0.2, -0.15) is 14.0 Å². The number of halogens is 4. The minimum Gasteiger partial charge on any atom is -0.481 e. The van der Waals surface area contributed by atoms with Gasteiger partial charge in [0, 0.05) is 0 Å². The van der Waals surface area contributed by atoms with Crippen LogP contribution in [0.2, 0.25) is 0 Å². The fraction of sp³-hybridized carbons (Fsp3) is 0.300. The number of ether oxygens (including phenoxy) is 1. The maximum atomic E-state index is 13.7. The van der Waals surface area contributed by atoms with Crippen molar-refractivity contribution in [3.05, 3.63) is 60.2 Å². The van der Waals surface area contributed by atoms with Gasteiger partial charge in [-0.15, -0.1) is 0 Å². The summed E-state index contributed by atoms with van der Waals surface area (Å²) in [6, 6.07) is 17.5. The number of para-hydroxylation sites is 1. The zero-order valence-electron chi connectivity index (χ0n) is 14.4. The third-order valence-corrected chi connectivity index (χ3v) is 7.26. The molecule has 146 valence electrons. The second-order valence-electron chi connectivity index (χ2n) is 6.65. The second-order valence-corrected chi connectivity index (χ2v) is 8.69. The minimum absolute atomic E-state index is 0.0264. The molecule has 1 saturated carbocycles. The van der Waals surface area contributed by atoms with E-state index in [9.17, 15) is 23.9 Å². The van der Waals surface area contributed by atoms with Gasteiger partial charge in [0.25, 0.3) is 0 Å². The van der Waals surface area contributed by atoms with E-state index in [1.807, 2.05) is 24.3 Å². The van der Waals surface area contributed by atoms with Crippen molar-refractivity contribution in [3.63, 3.8) is 0 Å². The van der Waals surface area contributed by atoms with Crippen LogP contribution in [-0.4, -0.2) is 20.7 Å². The van der Waals surface area contributed by atoms with Crippen LogP contribution in [0, 0.1) is 22.7 Å². The lowest BCUT2D eigenvalue weighted by Crippen LogP contribution is -2.32. The van der Waals surface area contributed by atoms with Crippen molar-refractivity contribution in [2.24, 2.45) is 11.3 Å². The fourth-order valence-corrected chi connectivity index (χ4v) is 4.45. The monoisotopic (exact) mass is 513 g/mol. The summed E-state index contributed by atoms with van der Waals surface area (Å²) in [4.78, 5) is 7.32. The lowest BCUT2D eigenvalue weighted by Gasteiger charge is -2.23. The van der Waals surface area contributed by atoms with Gasteiger partial charge in [0.1, 0.15) is 11.5 Å². The van der Waals surface area contributed by atoms with Gasteiger partial charge in [-0.1, -0.05) is 46.3 Å². The van der Waals surface area contributed by atoms with E-state index in [0.717, 1.165) is 0 Å². The molecule has 0 heterocycles. The Labute approximate surface area is 177 Å². The first-order chi connectivity index (χ1) is 13.2. The molecule has 4 nitrogen and oxygen atoms in total. The SMILES string of the molecule is N#CC(c1cccc(Oc2ccccc2)c1)C1(C(=O)O)CC1C(Br)C(F)(F)Br. The van der Waals surface area contributed by atoms with E-state index in [0.29, 0.717) is 17.1 Å². The predicted molar refractivity (Wildman–Crippen MR) is 106 cm³/mol. The third-order valence-electron chi connectivity index (χ3n) is 4.94. The first-order valence-corrected chi connectivity index (χ1v) is 10.1. The van der Waals surface area contributed by atoms with Gasteiger partial charge in [-0.05, 0) is 58.1 Å². The average Bonchev–Trinajstić information content (AvgIpc) is 3.39. The van der Waals surface area contributed by atoms with Crippen LogP contribution in [0.1, 0.15) is 17.9 Å². The van der Waals surface area contributed by atoms with Gasteiger partial charge in [0.05, 0.1) is 22.2 Å². The molecular formula is C20H15Br2F2NO3. The number of hydrogen-bond acceptors (Lipinski definition) is 3. The van der Waals surface area contributed by atoms with E-state index in [1.165, 1.54) is 0 Å². The van der Waals surface area contributed by atoms with E-state index in [4.69, 9.17) is 4.74 Å². The van der Waals surface area contributed by atoms with Crippen molar-refractivity contribution in [2.75, 3.05) is 0 Å². The maximum Gasteiger partial charge on any atom is 0.313 e. The first kappa shape index (κ1) is 20.7. The standard InChI is InChI=1S/C20H15Br2F2NO3/c21-17(20(22,23)24)15-10-19(15,18(26)27)16(11-25)12-5-4-8-14(9-12)28-13-6-2-1-3-7-13/h1-9,15-17H,10H2,(H,26,27).